The summed E-state index contributed by atoms with van der Waals surface area (Å²) in [5, 5.41) is 82.9. The van der Waals surface area contributed by atoms with Gasteiger partial charge in [-0.3, -0.25) is 106 Å². The number of hydrogen-bond donors (Lipinski definition) is 24. The molecule has 0 spiro atoms. The molecule has 3 saturated heterocycles. The number of imidazole rings is 2. The molecule has 1 aromatic carbocycles. The summed E-state index contributed by atoms with van der Waals surface area (Å²) < 4.78 is 11.0. The van der Waals surface area contributed by atoms with Gasteiger partial charge in [0.25, 0.3) is 0 Å². The van der Waals surface area contributed by atoms with Gasteiger partial charge in [-0.05, 0) is 127 Å². The first-order valence-electron chi connectivity index (χ1n) is 51.0. The highest BCUT2D eigenvalue weighted by molar-refractivity contribution is 6.01. The quantitative estimate of drug-likeness (QED) is 0.0135. The molecule has 3 fully saturated rings. The average Bonchev–Trinajstić information content (AvgIpc) is 1.66. The maximum absolute atomic E-state index is 15.6. The minimum atomic E-state index is -1.84. The number of unbranched alkanes of at least 4 members (excludes halogenated alkanes) is 15. The van der Waals surface area contributed by atoms with Crippen LogP contribution >= 0.6 is 0 Å². The number of ether oxygens (including phenoxy) is 2. The molecule has 0 saturated carbocycles. The normalized spacial score (nSPS) is 18.5. The van der Waals surface area contributed by atoms with Crippen LogP contribution in [0.5, 0.6) is 0 Å². The predicted octanol–water partition coefficient (Wildman–Crippen LogP) is -1.56. The van der Waals surface area contributed by atoms with Crippen LogP contribution < -0.4 is 85.9 Å². The maximum Gasteiger partial charge on any atom is 0.317 e. The number of H-pyrrole nitrogens is 3. The molecule has 3 aliphatic rings. The van der Waals surface area contributed by atoms with Gasteiger partial charge in [0, 0.05) is 114 Å². The number of fused-ring (bicyclic) bond motifs is 1. The van der Waals surface area contributed by atoms with Crippen molar-refractivity contribution in [2.45, 2.75) is 305 Å². The second-order valence-corrected chi connectivity index (χ2v) is 37.2. The van der Waals surface area contributed by atoms with Crippen molar-refractivity contribution in [2.24, 2.45) is 11.5 Å². The van der Waals surface area contributed by atoms with Crippen molar-refractivity contribution >= 4 is 135 Å². The van der Waals surface area contributed by atoms with E-state index < -0.39 is 230 Å². The lowest BCUT2D eigenvalue weighted by atomic mass is 10.0. The molecule has 51 nitrogen and oxygen atoms in total. The number of guanidine groups is 1. The first-order chi connectivity index (χ1) is 71.0. The number of aliphatic carboxylic acids is 4. The summed E-state index contributed by atoms with van der Waals surface area (Å²) in [5.74, 6) is -18.8. The van der Waals surface area contributed by atoms with E-state index in [1.165, 1.54) is 68.5 Å². The molecule has 11 atom stereocenters. The van der Waals surface area contributed by atoms with E-state index in [0.717, 1.165) is 68.1 Å². The number of carbonyl (C=O) groups is 20. The highest BCUT2D eigenvalue weighted by Gasteiger charge is 2.46. The molecule has 3 aliphatic heterocycles. The molecular weight excluding hydrogens is 1930 g/mol. The Balaban J connectivity index is 1.01. The number of nitrogens with one attached hydrogen (secondary N) is 18. The lowest BCUT2D eigenvalue weighted by molar-refractivity contribution is -0.148. The van der Waals surface area contributed by atoms with Crippen molar-refractivity contribution in [3.05, 3.63) is 72.5 Å². The number of nitrogens with zero attached hydrogens (tertiary/aromatic N) is 5. The van der Waals surface area contributed by atoms with E-state index >= 15 is 19.2 Å². The summed E-state index contributed by atoms with van der Waals surface area (Å²) in [4.78, 5) is 295. The summed E-state index contributed by atoms with van der Waals surface area (Å²) >= 11 is 0. The van der Waals surface area contributed by atoms with E-state index in [-0.39, 0.29) is 186 Å². The Kier molecular flexibility index (Phi) is 54.4. The number of carbonyl (C=O) groups excluding carboxylic acids is 16. The van der Waals surface area contributed by atoms with Crippen molar-refractivity contribution < 1.29 is 126 Å². The van der Waals surface area contributed by atoms with Crippen molar-refractivity contribution in [2.75, 3.05) is 91.9 Å². The Morgan fingerprint density at radius 3 is 1.70 bits per heavy atom. The van der Waals surface area contributed by atoms with Crippen LogP contribution in [-0.2, 0) is 125 Å². The highest BCUT2D eigenvalue weighted by atomic mass is 16.5. The van der Waals surface area contributed by atoms with E-state index in [4.69, 9.17) is 31.5 Å². The number of nitrogens with two attached hydrogens (primary N) is 2. The molecule has 16 amide bonds. The third-order valence-electron chi connectivity index (χ3n) is 25.3. The van der Waals surface area contributed by atoms with Gasteiger partial charge in [0.1, 0.15) is 73.1 Å². The number of carboxylic acids is 4. The minimum Gasteiger partial charge on any atom is -0.481 e. The Labute approximate surface area is 857 Å². The van der Waals surface area contributed by atoms with E-state index in [2.05, 4.69) is 99.4 Å². The van der Waals surface area contributed by atoms with Crippen LogP contribution in [0.2, 0.25) is 0 Å². The molecule has 7 rings (SSSR count). The molecule has 0 radical (unpaired) electrons. The van der Waals surface area contributed by atoms with Crippen LogP contribution in [0, 0.1) is 5.41 Å². The summed E-state index contributed by atoms with van der Waals surface area (Å²) in [6.45, 7) is -0.999. The number of benzene rings is 1. The van der Waals surface area contributed by atoms with Crippen molar-refractivity contribution in [1.29, 1.82) is 5.41 Å². The van der Waals surface area contributed by atoms with Crippen molar-refractivity contribution in [3.8, 4) is 0 Å². The number of amides is 16. The zero-order valence-corrected chi connectivity index (χ0v) is 84.1. The van der Waals surface area contributed by atoms with Gasteiger partial charge >= 0.3 is 23.9 Å². The maximum atomic E-state index is 15.6. The molecule has 6 heterocycles. The van der Waals surface area contributed by atoms with Crippen LogP contribution in [0.3, 0.4) is 0 Å². The van der Waals surface area contributed by atoms with E-state index in [1.807, 2.05) is 0 Å². The van der Waals surface area contributed by atoms with Crippen molar-refractivity contribution in [1.82, 2.24) is 114 Å². The van der Waals surface area contributed by atoms with Crippen LogP contribution in [0.15, 0.2) is 55.5 Å². The monoisotopic (exact) mass is 2080 g/mol. The minimum absolute atomic E-state index is 0.0215. The van der Waals surface area contributed by atoms with E-state index in [0.29, 0.717) is 35.1 Å². The van der Waals surface area contributed by atoms with Gasteiger partial charge in [-0.1, -0.05) is 95.2 Å². The lowest BCUT2D eigenvalue weighted by Crippen LogP contribution is -2.61. The van der Waals surface area contributed by atoms with Gasteiger partial charge in [0.2, 0.25) is 94.5 Å². The first-order valence-corrected chi connectivity index (χ1v) is 51.0. The Bertz CT molecular complexity index is 4990. The number of likely N-dealkylation sites (tertiary alicyclic amines) is 2. The van der Waals surface area contributed by atoms with Crippen LogP contribution in [0.4, 0.5) is 0 Å². The Morgan fingerprint density at radius 1 is 0.507 bits per heavy atom. The number of primary amides is 1. The standard InChI is InChI=1S/C97H149N25O26/c1-61(123)111-68-30-22-39-103-79(125)51-75(119-92(142)72(48-62-52-107-66-27-17-16-26-65(62)66)116-89(139)69(31-23-40-106-97(99)100)112-80(126)55-108-87(137)73(117-88(68)138)49-63-53-101-59-109-63)95(145)122-44-25-33-77(122)96(146)121-43-24-32-76(121)94(144)118-74(50-64-54-102-60-110-64)93(143)115-71(36-37-83(130)131)91(141)114-70(29-19-21-42-120(56-84(132)133)57-85(134)135)90(140)113-67(86(98)136)28-18-20-38-104-81(127)58-148-47-46-147-45-41-105-78(124)34-14-12-10-8-6-4-2-3-5-7-9-11-13-15-35-82(128)129/h16-17,26-27,52-54,59-60,67-77,107H,2-15,18-25,28-51,55-58H2,1H3,(H2,98,136)(H,101,109)(H,102,110)(H,103,125)(H,104,127)(H,105,124)(H,108,137)(H,111,123)(H,112,126)(H,113,140)(H,114,141)(H,115,143)(H,116,139)(H,117,138)(H,118,144)(H,119,142)(H,128,129)(H,130,131)(H,132,133)(H,134,135)(H4,99,100,106)/t67-,68-,69-,70-,71-,72-,73-,74-,75-,76-,77-/m0/s1. The van der Waals surface area contributed by atoms with Crippen molar-refractivity contribution in [3.63, 3.8) is 0 Å². The van der Waals surface area contributed by atoms with Gasteiger partial charge in [-0.15, -0.1) is 0 Å². The van der Waals surface area contributed by atoms with Crippen LogP contribution in [-0.4, -0.2) is 343 Å². The number of aromatic nitrogens is 5. The van der Waals surface area contributed by atoms with E-state index in [1.54, 1.807) is 30.5 Å². The zero-order valence-electron chi connectivity index (χ0n) is 84.1. The number of aromatic amines is 3. The molecular formula is C97H149N25O26. The molecule has 0 aliphatic carbocycles. The van der Waals surface area contributed by atoms with Gasteiger partial charge < -0.3 is 141 Å². The first kappa shape index (κ1) is 121. The van der Waals surface area contributed by atoms with Crippen LogP contribution in [0.25, 0.3) is 10.9 Å². The number of hydrogen-bond acceptors (Lipinski definition) is 26. The second-order valence-electron chi connectivity index (χ2n) is 37.2. The summed E-state index contributed by atoms with van der Waals surface area (Å²) in [7, 11) is 0. The molecule has 4 aromatic rings. The predicted molar refractivity (Wildman–Crippen MR) is 533 cm³/mol. The fraction of sp³-hybridized carbons (Fsp3) is 0.639. The second kappa shape index (κ2) is 66.8. The molecule has 51 heteroatoms. The smallest absolute Gasteiger partial charge is 0.317 e. The molecule has 0 unspecified atom stereocenters. The average molecular weight is 2080 g/mol. The van der Waals surface area contributed by atoms with Gasteiger partial charge in [-0.2, -0.15) is 0 Å². The summed E-state index contributed by atoms with van der Waals surface area (Å²) in [5.41, 5.74) is 13.0. The fourth-order valence-electron chi connectivity index (χ4n) is 17.6. The SMILES string of the molecule is CC(=O)N[C@H]1CCCNC(=O)C[C@@H](C(=O)N2CCC[C@H]2C(=O)N2CCC[C@H]2C(=O)N[C@@H](Cc2c[nH]cn2)C(=O)N[C@@H](CCC(=O)O)C(=O)N[C@@H](CCCCN(CC(=O)O)CC(=O)O)C(=O)N[C@@H](CCCCNC(=O)COCCOCCNC(=O)CCCCCCCCCCCCCCCCC(=O)O)C(N)=O)NC(=O)[C@H](Cc2c[nH]c3ccccc23)NC(=O)[C@H](CCCNC(=N)N)NC(=O)CNC(=O)[C@H](Cc2c[nH]cn2)NC1=O. The lowest BCUT2D eigenvalue weighted by Gasteiger charge is -2.33. The number of para-hydroxylation sites is 1. The summed E-state index contributed by atoms with van der Waals surface area (Å²) in [6.07, 6.45) is 19.7. The molecule has 818 valence electrons. The summed E-state index contributed by atoms with van der Waals surface area (Å²) in [6, 6.07) is -9.99. The number of rotatable bonds is 64. The third kappa shape index (κ3) is 46.2. The highest BCUT2D eigenvalue weighted by Crippen LogP contribution is 2.28. The van der Waals surface area contributed by atoms with Gasteiger partial charge in [0.15, 0.2) is 5.96 Å². The fourth-order valence-corrected chi connectivity index (χ4v) is 17.6. The molecule has 0 bridgehead atoms. The largest absolute Gasteiger partial charge is 0.481 e. The van der Waals surface area contributed by atoms with Gasteiger partial charge in [-0.25, -0.2) is 9.97 Å². The Hall–Kier alpha value is -14.3. The number of carboxylic acid groups (broad SMARTS) is 4. The van der Waals surface area contributed by atoms with Crippen LogP contribution in [0.1, 0.15) is 236 Å². The molecule has 26 N–H and O–H groups in total. The molecule has 3 aromatic heterocycles. The Morgan fingerprint density at radius 2 is 1.07 bits per heavy atom. The van der Waals surface area contributed by atoms with Gasteiger partial charge in [0.05, 0.1) is 69.9 Å². The topological polar surface area (TPSA) is 768 Å². The zero-order chi connectivity index (χ0) is 108. The third-order valence-corrected chi connectivity index (χ3v) is 25.3. The van der Waals surface area contributed by atoms with E-state index in [9.17, 15) is 92.0 Å². The molecule has 148 heavy (non-hydrogen) atoms.